The second-order valence-electron chi connectivity index (χ2n) is 4.13. The van der Waals surface area contributed by atoms with Gasteiger partial charge in [-0.25, -0.2) is 0 Å². The highest BCUT2D eigenvalue weighted by atomic mass is 15.1. The van der Waals surface area contributed by atoms with E-state index in [0.29, 0.717) is 0 Å². The molecule has 1 aliphatic rings. The predicted molar refractivity (Wildman–Crippen MR) is 61.2 cm³/mol. The van der Waals surface area contributed by atoms with Crippen molar-refractivity contribution in [1.29, 1.82) is 0 Å². The number of nitrogens with zero attached hydrogens (tertiary/aromatic N) is 1. The van der Waals surface area contributed by atoms with Gasteiger partial charge in [0.15, 0.2) is 0 Å². The van der Waals surface area contributed by atoms with Gasteiger partial charge in [0.05, 0.1) is 6.54 Å². The summed E-state index contributed by atoms with van der Waals surface area (Å²) in [6, 6.07) is 0. The fraction of sp³-hybridized carbons (Fsp3) is 0.833. The Morgan fingerprint density at radius 1 is 1.50 bits per heavy atom. The molecule has 2 heteroatoms. The molecule has 1 rings (SSSR count). The lowest BCUT2D eigenvalue weighted by Crippen LogP contribution is -2.27. The van der Waals surface area contributed by atoms with Crippen LogP contribution in [0.5, 0.6) is 0 Å². The van der Waals surface area contributed by atoms with Gasteiger partial charge in [0.1, 0.15) is 0 Å². The van der Waals surface area contributed by atoms with Crippen molar-refractivity contribution in [2.24, 2.45) is 5.92 Å². The molecule has 1 N–H and O–H groups in total. The van der Waals surface area contributed by atoms with E-state index < -0.39 is 0 Å². The monoisotopic (exact) mass is 194 g/mol. The van der Waals surface area contributed by atoms with Gasteiger partial charge < -0.3 is 5.32 Å². The van der Waals surface area contributed by atoms with E-state index >= 15 is 0 Å². The summed E-state index contributed by atoms with van der Waals surface area (Å²) in [5.41, 5.74) is 0. The molecule has 1 aliphatic heterocycles. The Hall–Kier alpha value is -0.520. The number of terminal acetylenes is 1. The Bertz CT molecular complexity index is 177. The van der Waals surface area contributed by atoms with E-state index in [2.05, 4.69) is 23.1 Å². The minimum absolute atomic E-state index is 0.813. The summed E-state index contributed by atoms with van der Waals surface area (Å²) in [7, 11) is 0. The van der Waals surface area contributed by atoms with Crippen molar-refractivity contribution in [2.75, 3.05) is 32.7 Å². The Kier molecular flexibility index (Phi) is 5.66. The molecule has 1 atom stereocenters. The molecule has 14 heavy (non-hydrogen) atoms. The van der Waals surface area contributed by atoms with Gasteiger partial charge in [0.2, 0.25) is 0 Å². The van der Waals surface area contributed by atoms with Crippen LogP contribution in [-0.4, -0.2) is 37.6 Å². The first-order valence-electron chi connectivity index (χ1n) is 5.73. The fourth-order valence-electron chi connectivity index (χ4n) is 2.04. The Balaban J connectivity index is 2.14. The van der Waals surface area contributed by atoms with E-state index in [1.807, 2.05) is 0 Å². The third kappa shape index (κ3) is 4.13. The maximum Gasteiger partial charge on any atom is 0.0598 e. The molecule has 0 aliphatic carbocycles. The molecule has 0 bridgehead atoms. The van der Waals surface area contributed by atoms with E-state index in [1.165, 1.54) is 38.9 Å². The predicted octanol–water partition coefficient (Wildman–Crippen LogP) is 1.33. The molecule has 1 fully saturated rings. The molecule has 0 amide bonds. The van der Waals surface area contributed by atoms with Gasteiger partial charge in [-0.15, -0.1) is 6.42 Å². The summed E-state index contributed by atoms with van der Waals surface area (Å²) in [6.45, 7) is 7.74. The lowest BCUT2D eigenvalue weighted by molar-refractivity contribution is 0.283. The first-order valence-corrected chi connectivity index (χ1v) is 5.73. The van der Waals surface area contributed by atoms with E-state index in [0.717, 1.165) is 19.0 Å². The molecule has 0 aromatic carbocycles. The molecule has 0 radical (unpaired) electrons. The molecule has 80 valence electrons. The summed E-state index contributed by atoms with van der Waals surface area (Å²) in [5.74, 6) is 3.62. The van der Waals surface area contributed by atoms with Crippen LogP contribution in [0.1, 0.15) is 26.2 Å². The van der Waals surface area contributed by atoms with E-state index in [1.54, 1.807) is 0 Å². The standard InChI is InChI=1S/C12H22N2/c1-3-8-14(9-4-2)10-6-12-5-7-13-11-12/h1,12-13H,4-11H2,2H3. The van der Waals surface area contributed by atoms with Crippen LogP contribution in [0, 0.1) is 18.3 Å². The maximum absolute atomic E-state index is 5.34. The summed E-state index contributed by atoms with van der Waals surface area (Å²) >= 11 is 0. The molecule has 0 saturated carbocycles. The minimum Gasteiger partial charge on any atom is -0.316 e. The van der Waals surface area contributed by atoms with Crippen LogP contribution in [0.3, 0.4) is 0 Å². The van der Waals surface area contributed by atoms with Gasteiger partial charge in [0.25, 0.3) is 0 Å². The normalized spacial score (nSPS) is 21.4. The first-order chi connectivity index (χ1) is 6.86. The van der Waals surface area contributed by atoms with Gasteiger partial charge in [0, 0.05) is 0 Å². The molecule has 2 nitrogen and oxygen atoms in total. The van der Waals surface area contributed by atoms with Gasteiger partial charge in [-0.2, -0.15) is 0 Å². The minimum atomic E-state index is 0.813. The molecular formula is C12H22N2. The molecule has 1 saturated heterocycles. The van der Waals surface area contributed by atoms with E-state index in [-0.39, 0.29) is 0 Å². The van der Waals surface area contributed by atoms with Crippen LogP contribution in [0.15, 0.2) is 0 Å². The zero-order valence-electron chi connectivity index (χ0n) is 9.26. The van der Waals surface area contributed by atoms with Crippen LogP contribution in [0.2, 0.25) is 0 Å². The summed E-state index contributed by atoms with van der Waals surface area (Å²) in [4.78, 5) is 2.39. The highest BCUT2D eigenvalue weighted by Crippen LogP contribution is 2.12. The van der Waals surface area contributed by atoms with Crippen molar-refractivity contribution >= 4 is 0 Å². The molecule has 0 spiro atoms. The highest BCUT2D eigenvalue weighted by Gasteiger charge is 2.15. The van der Waals surface area contributed by atoms with Crippen molar-refractivity contribution in [2.45, 2.75) is 26.2 Å². The van der Waals surface area contributed by atoms with Crippen LogP contribution < -0.4 is 5.32 Å². The van der Waals surface area contributed by atoms with Gasteiger partial charge in [-0.3, -0.25) is 4.90 Å². The third-order valence-corrected chi connectivity index (χ3v) is 2.87. The molecular weight excluding hydrogens is 172 g/mol. The smallest absolute Gasteiger partial charge is 0.0598 e. The zero-order valence-corrected chi connectivity index (χ0v) is 9.26. The number of rotatable bonds is 6. The second kappa shape index (κ2) is 6.86. The van der Waals surface area contributed by atoms with Crippen molar-refractivity contribution in [3.8, 4) is 12.3 Å². The average Bonchev–Trinajstić information content (AvgIpc) is 2.67. The summed E-state index contributed by atoms with van der Waals surface area (Å²) in [6.07, 6.45) is 9.18. The first kappa shape index (κ1) is 11.6. The van der Waals surface area contributed by atoms with E-state index in [4.69, 9.17) is 6.42 Å². The molecule has 1 heterocycles. The van der Waals surface area contributed by atoms with Gasteiger partial charge >= 0.3 is 0 Å². The third-order valence-electron chi connectivity index (χ3n) is 2.87. The number of nitrogens with one attached hydrogen (secondary N) is 1. The number of hydrogen-bond acceptors (Lipinski definition) is 2. The average molecular weight is 194 g/mol. The van der Waals surface area contributed by atoms with Crippen LogP contribution in [0.4, 0.5) is 0 Å². The highest BCUT2D eigenvalue weighted by molar-refractivity contribution is 4.88. The Morgan fingerprint density at radius 3 is 2.93 bits per heavy atom. The van der Waals surface area contributed by atoms with Crippen molar-refractivity contribution < 1.29 is 0 Å². The Morgan fingerprint density at radius 2 is 2.36 bits per heavy atom. The van der Waals surface area contributed by atoms with Crippen molar-refractivity contribution in [3.05, 3.63) is 0 Å². The largest absolute Gasteiger partial charge is 0.316 e. The Labute approximate surface area is 88.1 Å². The molecule has 0 aromatic rings. The lowest BCUT2D eigenvalue weighted by Gasteiger charge is -2.20. The second-order valence-corrected chi connectivity index (χ2v) is 4.13. The fourth-order valence-corrected chi connectivity index (χ4v) is 2.04. The quantitative estimate of drug-likeness (QED) is 0.642. The van der Waals surface area contributed by atoms with E-state index in [9.17, 15) is 0 Å². The van der Waals surface area contributed by atoms with Crippen LogP contribution in [0.25, 0.3) is 0 Å². The van der Waals surface area contributed by atoms with Gasteiger partial charge in [-0.1, -0.05) is 12.8 Å². The number of hydrogen-bond donors (Lipinski definition) is 1. The summed E-state index contributed by atoms with van der Waals surface area (Å²) in [5, 5.41) is 3.40. The SMILES string of the molecule is C#CCN(CCC)CCC1CCNC1. The van der Waals surface area contributed by atoms with Crippen LogP contribution in [-0.2, 0) is 0 Å². The maximum atomic E-state index is 5.34. The zero-order chi connectivity index (χ0) is 10.2. The topological polar surface area (TPSA) is 15.3 Å². The van der Waals surface area contributed by atoms with Crippen LogP contribution >= 0.6 is 0 Å². The van der Waals surface area contributed by atoms with Gasteiger partial charge in [-0.05, 0) is 51.4 Å². The van der Waals surface area contributed by atoms with Crippen molar-refractivity contribution in [1.82, 2.24) is 10.2 Å². The summed E-state index contributed by atoms with van der Waals surface area (Å²) < 4.78 is 0. The molecule has 0 aromatic heterocycles. The lowest BCUT2D eigenvalue weighted by atomic mass is 10.0. The molecule has 1 unspecified atom stereocenters. The van der Waals surface area contributed by atoms with Crippen molar-refractivity contribution in [3.63, 3.8) is 0 Å².